The van der Waals surface area contributed by atoms with E-state index in [2.05, 4.69) is 0 Å². The molecule has 0 aromatic heterocycles. The number of carbonyl (C=O) groups excluding carboxylic acids is 1. The van der Waals surface area contributed by atoms with Crippen LogP contribution in [-0.2, 0) is 4.79 Å². The lowest BCUT2D eigenvalue weighted by Crippen LogP contribution is -1.84. The third-order valence-electron chi connectivity index (χ3n) is 1.60. The zero-order valence-electron chi connectivity index (χ0n) is 7.97. The second kappa shape index (κ2) is 5.02. The molecule has 0 radical (unpaired) electrons. The third kappa shape index (κ3) is 3.72. The van der Waals surface area contributed by atoms with Crippen LogP contribution in [-0.4, -0.2) is 10.9 Å². The molecule has 0 bridgehead atoms. The quantitative estimate of drug-likeness (QED) is 0.450. The summed E-state index contributed by atoms with van der Waals surface area (Å²) in [7, 11) is 0. The molecule has 1 N–H and O–H groups in total. The molecular weight excluding hydrogens is 176 g/mol. The zero-order valence-corrected chi connectivity index (χ0v) is 7.97. The Morgan fingerprint density at radius 1 is 1.29 bits per heavy atom. The second-order valence-electron chi connectivity index (χ2n) is 2.92. The lowest BCUT2D eigenvalue weighted by Gasteiger charge is -1.91. The van der Waals surface area contributed by atoms with E-state index in [1.165, 1.54) is 19.1 Å². The summed E-state index contributed by atoms with van der Waals surface area (Å²) in [5, 5.41) is 9.23. The first-order valence-corrected chi connectivity index (χ1v) is 4.33. The standard InChI is InChI=1S/C12H12O2/c1-10(13)9-12(14)8-7-11-5-3-2-4-6-11/h2-9,14H,1H3/b8-7?,12-9-. The lowest BCUT2D eigenvalue weighted by atomic mass is 10.2. The van der Waals surface area contributed by atoms with E-state index in [1.54, 1.807) is 6.08 Å². The summed E-state index contributed by atoms with van der Waals surface area (Å²) < 4.78 is 0. The smallest absolute Gasteiger partial charge is 0.156 e. The summed E-state index contributed by atoms with van der Waals surface area (Å²) >= 11 is 0. The second-order valence-corrected chi connectivity index (χ2v) is 2.92. The highest BCUT2D eigenvalue weighted by Crippen LogP contribution is 2.03. The van der Waals surface area contributed by atoms with Crippen LogP contribution in [0.4, 0.5) is 0 Å². The van der Waals surface area contributed by atoms with Crippen molar-refractivity contribution < 1.29 is 9.90 Å². The van der Waals surface area contributed by atoms with Crippen LogP contribution in [0.3, 0.4) is 0 Å². The van der Waals surface area contributed by atoms with Crippen LogP contribution in [0.25, 0.3) is 6.08 Å². The van der Waals surface area contributed by atoms with Gasteiger partial charge in [0.05, 0.1) is 0 Å². The maximum Gasteiger partial charge on any atom is 0.156 e. The number of hydrogen-bond donors (Lipinski definition) is 1. The molecule has 2 heteroatoms. The van der Waals surface area contributed by atoms with Gasteiger partial charge in [-0.25, -0.2) is 0 Å². The Balaban J connectivity index is 2.70. The molecule has 2 nitrogen and oxygen atoms in total. The Labute approximate surface area is 83.2 Å². The normalized spacial score (nSPS) is 11.9. The van der Waals surface area contributed by atoms with E-state index in [9.17, 15) is 9.90 Å². The molecule has 1 aromatic carbocycles. The first-order valence-electron chi connectivity index (χ1n) is 4.33. The predicted octanol–water partition coefficient (Wildman–Crippen LogP) is 2.73. The van der Waals surface area contributed by atoms with E-state index < -0.39 is 0 Å². The molecule has 1 rings (SSSR count). The molecule has 0 saturated heterocycles. The van der Waals surface area contributed by atoms with Crippen molar-refractivity contribution in [1.29, 1.82) is 0 Å². The molecule has 0 saturated carbocycles. The van der Waals surface area contributed by atoms with Crippen molar-refractivity contribution in [3.05, 3.63) is 53.8 Å². The van der Waals surface area contributed by atoms with Gasteiger partial charge >= 0.3 is 0 Å². The Morgan fingerprint density at radius 2 is 1.93 bits per heavy atom. The molecule has 0 unspecified atom stereocenters. The monoisotopic (exact) mass is 188 g/mol. The van der Waals surface area contributed by atoms with Crippen molar-refractivity contribution >= 4 is 11.9 Å². The number of aliphatic hydroxyl groups is 1. The number of benzene rings is 1. The number of rotatable bonds is 3. The van der Waals surface area contributed by atoms with Crippen LogP contribution in [0.15, 0.2) is 48.2 Å². The first-order chi connectivity index (χ1) is 6.68. The minimum Gasteiger partial charge on any atom is -0.508 e. The van der Waals surface area contributed by atoms with E-state index in [0.29, 0.717) is 0 Å². The van der Waals surface area contributed by atoms with E-state index in [0.717, 1.165) is 5.56 Å². The molecule has 0 aliphatic heterocycles. The van der Waals surface area contributed by atoms with E-state index in [-0.39, 0.29) is 11.5 Å². The fraction of sp³-hybridized carbons (Fsp3) is 0.0833. The minimum absolute atomic E-state index is 0.0265. The summed E-state index contributed by atoms with van der Waals surface area (Å²) in [6.07, 6.45) is 4.42. The van der Waals surface area contributed by atoms with Crippen molar-refractivity contribution in [3.8, 4) is 0 Å². The average molecular weight is 188 g/mol. The van der Waals surface area contributed by atoms with E-state index in [1.807, 2.05) is 30.3 Å². The average Bonchev–Trinajstić information content (AvgIpc) is 2.15. The molecule has 0 fully saturated rings. The largest absolute Gasteiger partial charge is 0.508 e. The van der Waals surface area contributed by atoms with Crippen LogP contribution in [0.2, 0.25) is 0 Å². The van der Waals surface area contributed by atoms with Crippen LogP contribution < -0.4 is 0 Å². The summed E-state index contributed by atoms with van der Waals surface area (Å²) in [4.78, 5) is 10.6. The third-order valence-corrected chi connectivity index (χ3v) is 1.60. The van der Waals surface area contributed by atoms with Gasteiger partial charge in [-0.15, -0.1) is 0 Å². The van der Waals surface area contributed by atoms with Crippen LogP contribution >= 0.6 is 0 Å². The highest BCUT2D eigenvalue weighted by molar-refractivity contribution is 5.88. The topological polar surface area (TPSA) is 37.3 Å². The molecule has 1 aromatic rings. The van der Waals surface area contributed by atoms with E-state index >= 15 is 0 Å². The van der Waals surface area contributed by atoms with Crippen LogP contribution in [0.5, 0.6) is 0 Å². The maximum absolute atomic E-state index is 10.6. The van der Waals surface area contributed by atoms with Gasteiger partial charge in [0.2, 0.25) is 0 Å². The van der Waals surface area contributed by atoms with Gasteiger partial charge in [-0.05, 0) is 18.6 Å². The Kier molecular flexibility index (Phi) is 3.68. The Hall–Kier alpha value is -1.83. The van der Waals surface area contributed by atoms with Gasteiger partial charge in [0.25, 0.3) is 0 Å². The molecule has 0 amide bonds. The lowest BCUT2D eigenvalue weighted by molar-refractivity contribution is -0.112. The molecule has 0 heterocycles. The summed E-state index contributed by atoms with van der Waals surface area (Å²) in [5.74, 6) is -0.193. The summed E-state index contributed by atoms with van der Waals surface area (Å²) in [6, 6.07) is 9.56. The number of carbonyl (C=O) groups is 1. The zero-order chi connectivity index (χ0) is 10.4. The predicted molar refractivity (Wildman–Crippen MR) is 56.9 cm³/mol. The Bertz CT molecular complexity index is 361. The molecule has 0 aliphatic carbocycles. The molecule has 0 atom stereocenters. The number of ketones is 1. The number of hydrogen-bond acceptors (Lipinski definition) is 2. The van der Waals surface area contributed by atoms with Crippen molar-refractivity contribution in [2.45, 2.75) is 6.92 Å². The molecule has 0 aliphatic rings. The van der Waals surface area contributed by atoms with Crippen molar-refractivity contribution in [3.63, 3.8) is 0 Å². The van der Waals surface area contributed by atoms with Crippen molar-refractivity contribution in [2.24, 2.45) is 0 Å². The summed E-state index contributed by atoms with van der Waals surface area (Å²) in [5.41, 5.74) is 0.982. The van der Waals surface area contributed by atoms with Crippen molar-refractivity contribution in [2.75, 3.05) is 0 Å². The molecule has 14 heavy (non-hydrogen) atoms. The van der Waals surface area contributed by atoms with Gasteiger partial charge in [-0.3, -0.25) is 4.79 Å². The molecule has 0 spiro atoms. The van der Waals surface area contributed by atoms with Gasteiger partial charge in [0.15, 0.2) is 5.78 Å². The number of aliphatic hydroxyl groups excluding tert-OH is 1. The summed E-state index contributed by atoms with van der Waals surface area (Å²) in [6.45, 7) is 1.40. The van der Waals surface area contributed by atoms with Crippen molar-refractivity contribution in [1.82, 2.24) is 0 Å². The van der Waals surface area contributed by atoms with Gasteiger partial charge in [0, 0.05) is 6.08 Å². The highest BCUT2D eigenvalue weighted by atomic mass is 16.3. The van der Waals surface area contributed by atoms with Gasteiger partial charge in [0.1, 0.15) is 5.76 Å². The highest BCUT2D eigenvalue weighted by Gasteiger charge is 1.89. The van der Waals surface area contributed by atoms with Crippen LogP contribution in [0, 0.1) is 0 Å². The maximum atomic E-state index is 10.6. The fourth-order valence-corrected chi connectivity index (χ4v) is 1.00. The first kappa shape index (κ1) is 10.3. The van der Waals surface area contributed by atoms with Gasteiger partial charge in [-0.2, -0.15) is 0 Å². The van der Waals surface area contributed by atoms with E-state index in [4.69, 9.17) is 0 Å². The number of allylic oxidation sites excluding steroid dienone is 2. The Morgan fingerprint density at radius 3 is 2.50 bits per heavy atom. The van der Waals surface area contributed by atoms with Crippen LogP contribution in [0.1, 0.15) is 12.5 Å². The fourth-order valence-electron chi connectivity index (χ4n) is 1.00. The minimum atomic E-state index is -0.166. The van der Waals surface area contributed by atoms with Gasteiger partial charge in [-0.1, -0.05) is 36.4 Å². The SMILES string of the molecule is CC(=O)/C=C(\O)C=Cc1ccccc1. The molecule has 72 valence electrons. The van der Waals surface area contributed by atoms with Gasteiger partial charge < -0.3 is 5.11 Å². The molecular formula is C12H12O2.